The van der Waals surface area contributed by atoms with Crippen LogP contribution in [-0.4, -0.2) is 11.4 Å². The molecule has 0 unspecified atom stereocenters. The van der Waals surface area contributed by atoms with E-state index >= 15 is 0 Å². The first-order valence-electron chi connectivity index (χ1n) is 6.14. The molecular weight excluding hydrogens is 238 g/mol. The predicted molar refractivity (Wildman–Crippen MR) is 75.7 cm³/mol. The Labute approximate surface area is 113 Å². The van der Waals surface area contributed by atoms with Gasteiger partial charge < -0.3 is 4.74 Å². The van der Waals surface area contributed by atoms with Crippen LogP contribution in [0.5, 0.6) is 5.75 Å². The lowest BCUT2D eigenvalue weighted by Crippen LogP contribution is -2.29. The largest absolute Gasteiger partial charge is 0.483 e. The van der Waals surface area contributed by atoms with Gasteiger partial charge in [-0.15, -0.1) is 0 Å². The van der Waals surface area contributed by atoms with Crippen molar-refractivity contribution in [2.75, 3.05) is 0 Å². The monoisotopic (exact) mass is 255 g/mol. The van der Waals surface area contributed by atoms with E-state index in [0.717, 1.165) is 22.6 Å². The van der Waals surface area contributed by atoms with Gasteiger partial charge in [-0.05, 0) is 45.9 Å². The lowest BCUT2D eigenvalue weighted by Gasteiger charge is -2.30. The lowest BCUT2D eigenvalue weighted by atomic mass is 9.98. The molecule has 0 bridgehead atoms. The topological polar surface area (TPSA) is 57.4 Å². The van der Waals surface area contributed by atoms with Crippen LogP contribution in [0, 0.1) is 18.4 Å². The molecule has 4 heteroatoms. The van der Waals surface area contributed by atoms with Crippen molar-refractivity contribution in [2.45, 2.75) is 33.3 Å². The zero-order chi connectivity index (χ0) is 14.0. The van der Waals surface area contributed by atoms with E-state index in [1.807, 2.05) is 51.2 Å². The molecule has 0 fully saturated rings. The van der Waals surface area contributed by atoms with E-state index in [1.54, 1.807) is 6.92 Å². The molecule has 0 aromatic heterocycles. The Morgan fingerprint density at radius 1 is 1.42 bits per heavy atom. The molecule has 1 aromatic carbocycles. The van der Waals surface area contributed by atoms with Gasteiger partial charge in [0.05, 0.1) is 5.70 Å². The van der Waals surface area contributed by atoms with Crippen LogP contribution in [0.3, 0.4) is 0 Å². The fraction of sp³-hybridized carbons (Fsp3) is 0.333. The number of aliphatic imine (C=N–C) groups is 1. The number of nitriles is 1. The average Bonchev–Trinajstić information content (AvgIpc) is 2.29. The minimum absolute atomic E-state index is 0.409. The second-order valence-corrected chi connectivity index (χ2v) is 5.17. The quantitative estimate of drug-likeness (QED) is 0.363. The summed E-state index contributed by atoms with van der Waals surface area (Å²) < 4.78 is 5.91. The summed E-state index contributed by atoms with van der Waals surface area (Å²) in [5.74, 6) is 1.39. The number of nitrogens with zero attached hydrogens (tertiary/aromatic N) is 2. The number of fused-ring (bicyclic) bond motifs is 1. The van der Waals surface area contributed by atoms with Crippen LogP contribution in [0.4, 0.5) is 0 Å². The van der Waals surface area contributed by atoms with Crippen molar-refractivity contribution in [3.05, 3.63) is 35.4 Å². The molecule has 0 atom stereocenters. The average molecular weight is 255 g/mol. The summed E-state index contributed by atoms with van der Waals surface area (Å²) in [6, 6.07) is 6.02. The zero-order valence-electron chi connectivity index (χ0n) is 11.6. The summed E-state index contributed by atoms with van der Waals surface area (Å²) in [6.45, 7) is 7.76. The number of hydrogen-bond donors (Lipinski definition) is 1. The highest BCUT2D eigenvalue weighted by atomic mass is 16.5. The van der Waals surface area contributed by atoms with E-state index in [2.05, 4.69) is 10.3 Å². The molecule has 1 aliphatic rings. The summed E-state index contributed by atoms with van der Waals surface area (Å²) in [4.78, 5) is 4.47. The number of rotatable bonds is 1. The Balaban J connectivity index is 2.52. The third-order valence-electron chi connectivity index (χ3n) is 2.79. The first kappa shape index (κ1) is 13.2. The minimum Gasteiger partial charge on any atom is -0.483 e. The molecule has 0 saturated carbocycles. The van der Waals surface area contributed by atoms with Gasteiger partial charge >= 0.3 is 0 Å². The Kier molecular flexibility index (Phi) is 3.30. The van der Waals surface area contributed by atoms with Gasteiger partial charge in [0.1, 0.15) is 17.2 Å². The molecule has 1 heterocycles. The highest BCUT2D eigenvalue weighted by Crippen LogP contribution is 2.37. The number of benzene rings is 1. The summed E-state index contributed by atoms with van der Waals surface area (Å²) in [5, 5.41) is 11.2. The van der Waals surface area contributed by atoms with Gasteiger partial charge in [0.25, 0.3) is 0 Å². The van der Waals surface area contributed by atoms with Gasteiger partial charge in [-0.1, -0.05) is 11.6 Å². The van der Waals surface area contributed by atoms with Gasteiger partial charge in [0, 0.05) is 5.56 Å². The molecule has 0 amide bonds. The van der Waals surface area contributed by atoms with E-state index in [-0.39, 0.29) is 0 Å². The van der Waals surface area contributed by atoms with E-state index in [0.29, 0.717) is 5.84 Å². The van der Waals surface area contributed by atoms with Crippen LogP contribution in [0.1, 0.15) is 31.9 Å². The Hall–Kier alpha value is -2.28. The molecule has 0 radical (unpaired) electrons. The summed E-state index contributed by atoms with van der Waals surface area (Å²) in [6.07, 6.45) is 3.84. The smallest absolute Gasteiger partial charge is 0.182 e. The molecule has 1 N–H and O–H groups in total. The molecule has 0 saturated heterocycles. The third kappa shape index (κ3) is 2.94. The normalized spacial score (nSPS) is 16.8. The first-order valence-corrected chi connectivity index (χ1v) is 6.14. The van der Waals surface area contributed by atoms with E-state index in [9.17, 15) is 0 Å². The number of nitrogens with one attached hydrogen (secondary N) is 1. The fourth-order valence-corrected chi connectivity index (χ4v) is 2.03. The maximum Gasteiger partial charge on any atom is 0.182 e. The summed E-state index contributed by atoms with van der Waals surface area (Å²) >= 11 is 0. The predicted octanol–water partition coefficient (Wildman–Crippen LogP) is 3.00. The molecule has 98 valence electrons. The zero-order valence-corrected chi connectivity index (χ0v) is 11.6. The SMILES string of the molecule is CC(=NC1=CC(C)(C)Oc2ccc(C)cc21)NC#N. The number of aryl methyl sites for hydroxylation is 1. The van der Waals surface area contributed by atoms with Crippen LogP contribution in [0.25, 0.3) is 5.70 Å². The molecule has 1 aliphatic heterocycles. The molecule has 0 aliphatic carbocycles. The Morgan fingerprint density at radius 3 is 2.84 bits per heavy atom. The van der Waals surface area contributed by atoms with Crippen molar-refractivity contribution < 1.29 is 4.74 Å². The fourth-order valence-electron chi connectivity index (χ4n) is 2.03. The van der Waals surface area contributed by atoms with Gasteiger partial charge in [0.15, 0.2) is 6.19 Å². The van der Waals surface area contributed by atoms with Crippen LogP contribution >= 0.6 is 0 Å². The van der Waals surface area contributed by atoms with Crippen molar-refractivity contribution in [3.8, 4) is 11.9 Å². The van der Waals surface area contributed by atoms with Gasteiger partial charge in [-0.25, -0.2) is 4.99 Å². The highest BCUT2D eigenvalue weighted by molar-refractivity contribution is 5.88. The van der Waals surface area contributed by atoms with Crippen molar-refractivity contribution in [2.24, 2.45) is 4.99 Å². The number of amidine groups is 1. The second-order valence-electron chi connectivity index (χ2n) is 5.17. The van der Waals surface area contributed by atoms with Gasteiger partial charge in [-0.2, -0.15) is 5.26 Å². The Bertz CT molecular complexity index is 606. The second kappa shape index (κ2) is 4.77. The minimum atomic E-state index is -0.409. The van der Waals surface area contributed by atoms with Gasteiger partial charge in [0.2, 0.25) is 0 Å². The first-order chi connectivity index (χ1) is 8.91. The molecule has 0 spiro atoms. The maximum absolute atomic E-state index is 8.62. The number of hydrogen-bond acceptors (Lipinski definition) is 3. The van der Waals surface area contributed by atoms with Crippen molar-refractivity contribution in [1.29, 1.82) is 5.26 Å². The van der Waals surface area contributed by atoms with Crippen LogP contribution in [0.15, 0.2) is 29.3 Å². The standard InChI is InChI=1S/C15H17N3O/c1-10-5-6-14-12(7-10)13(8-15(3,4)19-14)18-11(2)17-9-16/h5-8H,1-4H3,(H,17,18). The maximum atomic E-state index is 8.62. The molecule has 19 heavy (non-hydrogen) atoms. The number of ether oxygens (including phenoxy) is 1. The van der Waals surface area contributed by atoms with Crippen LogP contribution in [-0.2, 0) is 0 Å². The molecule has 4 nitrogen and oxygen atoms in total. The Morgan fingerprint density at radius 2 is 2.16 bits per heavy atom. The van der Waals surface area contributed by atoms with E-state index < -0.39 is 5.60 Å². The highest BCUT2D eigenvalue weighted by Gasteiger charge is 2.26. The summed E-state index contributed by atoms with van der Waals surface area (Å²) in [7, 11) is 0. The molecule has 1 aromatic rings. The van der Waals surface area contributed by atoms with Crippen LogP contribution in [0.2, 0.25) is 0 Å². The third-order valence-corrected chi connectivity index (χ3v) is 2.79. The molecule has 2 rings (SSSR count). The van der Waals surface area contributed by atoms with Crippen molar-refractivity contribution >= 4 is 11.5 Å². The van der Waals surface area contributed by atoms with Crippen molar-refractivity contribution in [3.63, 3.8) is 0 Å². The van der Waals surface area contributed by atoms with Crippen molar-refractivity contribution in [1.82, 2.24) is 5.32 Å². The van der Waals surface area contributed by atoms with E-state index in [4.69, 9.17) is 10.00 Å². The lowest BCUT2D eigenvalue weighted by molar-refractivity contribution is 0.158. The van der Waals surface area contributed by atoms with Gasteiger partial charge in [-0.3, -0.25) is 5.32 Å². The molecular formula is C15H17N3O. The summed E-state index contributed by atoms with van der Waals surface area (Å²) in [5.41, 5.74) is 2.52. The van der Waals surface area contributed by atoms with Crippen LogP contribution < -0.4 is 10.1 Å². The van der Waals surface area contributed by atoms with E-state index in [1.165, 1.54) is 0 Å².